The van der Waals surface area contributed by atoms with Crippen molar-refractivity contribution in [3.8, 4) is 17.2 Å². The van der Waals surface area contributed by atoms with Crippen LogP contribution in [0.2, 0.25) is 0 Å². The van der Waals surface area contributed by atoms with Gasteiger partial charge < -0.3 is 24.8 Å². The number of hydrogen-bond donors (Lipinski definition) is 2. The maximum atomic E-state index is 5.65. The SMILES string of the molecule is CCOc1ccc(NC(=NC)NCCOc2ccccc2)cc1OC. The number of ether oxygens (including phenoxy) is 3. The van der Waals surface area contributed by atoms with Gasteiger partial charge in [0.2, 0.25) is 0 Å². The number of aliphatic imine (C=N–C) groups is 1. The first-order valence-corrected chi connectivity index (χ1v) is 8.23. The lowest BCUT2D eigenvalue weighted by molar-refractivity contribution is 0.311. The minimum atomic E-state index is 0.539. The largest absolute Gasteiger partial charge is 0.493 e. The van der Waals surface area contributed by atoms with Crippen LogP contribution in [0.25, 0.3) is 0 Å². The fourth-order valence-corrected chi connectivity index (χ4v) is 2.19. The molecule has 2 rings (SSSR count). The van der Waals surface area contributed by atoms with Crippen molar-refractivity contribution >= 4 is 11.6 Å². The number of rotatable bonds is 8. The monoisotopic (exact) mass is 343 g/mol. The average molecular weight is 343 g/mol. The Balaban J connectivity index is 1.85. The lowest BCUT2D eigenvalue weighted by atomic mass is 10.2. The molecule has 0 saturated heterocycles. The molecule has 0 aliphatic carbocycles. The smallest absolute Gasteiger partial charge is 0.195 e. The van der Waals surface area contributed by atoms with Gasteiger partial charge in [0.1, 0.15) is 12.4 Å². The van der Waals surface area contributed by atoms with Gasteiger partial charge in [0.05, 0.1) is 20.3 Å². The Hall–Kier alpha value is -2.89. The van der Waals surface area contributed by atoms with Crippen LogP contribution in [0.4, 0.5) is 5.69 Å². The Morgan fingerprint density at radius 2 is 1.84 bits per heavy atom. The average Bonchev–Trinajstić information content (AvgIpc) is 2.66. The summed E-state index contributed by atoms with van der Waals surface area (Å²) in [4.78, 5) is 4.21. The number of nitrogens with zero attached hydrogens (tertiary/aromatic N) is 1. The van der Waals surface area contributed by atoms with Crippen LogP contribution >= 0.6 is 0 Å². The summed E-state index contributed by atoms with van der Waals surface area (Å²) in [6.45, 7) is 3.70. The molecule has 6 heteroatoms. The highest BCUT2D eigenvalue weighted by Gasteiger charge is 2.06. The predicted molar refractivity (Wildman–Crippen MR) is 101 cm³/mol. The second-order valence-corrected chi connectivity index (χ2v) is 5.08. The van der Waals surface area contributed by atoms with Gasteiger partial charge in [-0.15, -0.1) is 0 Å². The topological polar surface area (TPSA) is 64.1 Å². The van der Waals surface area contributed by atoms with Crippen LogP contribution in [0.3, 0.4) is 0 Å². The standard InChI is InChI=1S/C19H25N3O3/c1-4-24-17-11-10-15(14-18(17)23-3)22-19(20-2)21-12-13-25-16-8-6-5-7-9-16/h5-11,14H,4,12-13H2,1-3H3,(H2,20,21,22). The highest BCUT2D eigenvalue weighted by Crippen LogP contribution is 2.30. The van der Waals surface area contributed by atoms with Crippen LogP contribution in [0.1, 0.15) is 6.92 Å². The van der Waals surface area contributed by atoms with E-state index in [9.17, 15) is 0 Å². The molecule has 2 N–H and O–H groups in total. The Labute approximate surface area is 148 Å². The number of anilines is 1. The predicted octanol–water partition coefficient (Wildman–Crippen LogP) is 3.16. The third-order valence-corrected chi connectivity index (χ3v) is 3.36. The number of nitrogens with one attached hydrogen (secondary N) is 2. The van der Waals surface area contributed by atoms with Crippen molar-refractivity contribution in [3.63, 3.8) is 0 Å². The van der Waals surface area contributed by atoms with E-state index in [4.69, 9.17) is 14.2 Å². The number of guanidine groups is 1. The lowest BCUT2D eigenvalue weighted by Gasteiger charge is -2.15. The van der Waals surface area contributed by atoms with Gasteiger partial charge in [0.25, 0.3) is 0 Å². The molecule has 134 valence electrons. The molecule has 0 aromatic heterocycles. The fraction of sp³-hybridized carbons (Fsp3) is 0.316. The molecule has 0 bridgehead atoms. The molecule has 0 aliphatic rings. The minimum absolute atomic E-state index is 0.539. The first kappa shape index (κ1) is 18.4. The zero-order chi connectivity index (χ0) is 17.9. The highest BCUT2D eigenvalue weighted by molar-refractivity contribution is 5.93. The van der Waals surface area contributed by atoms with Crippen LogP contribution in [0, 0.1) is 0 Å². The second-order valence-electron chi connectivity index (χ2n) is 5.08. The first-order valence-electron chi connectivity index (χ1n) is 8.23. The van der Waals surface area contributed by atoms with Gasteiger partial charge in [-0.05, 0) is 31.2 Å². The minimum Gasteiger partial charge on any atom is -0.493 e. The molecule has 2 aromatic carbocycles. The number of methoxy groups -OCH3 is 1. The normalized spacial score (nSPS) is 10.9. The van der Waals surface area contributed by atoms with Crippen LogP contribution in [0.15, 0.2) is 53.5 Å². The summed E-state index contributed by atoms with van der Waals surface area (Å²) in [5.74, 6) is 2.90. The van der Waals surface area contributed by atoms with Gasteiger partial charge in [-0.25, -0.2) is 0 Å². The number of hydrogen-bond acceptors (Lipinski definition) is 4. The molecular formula is C19H25N3O3. The molecule has 0 amide bonds. The molecule has 0 saturated carbocycles. The molecular weight excluding hydrogens is 318 g/mol. The van der Waals surface area contributed by atoms with E-state index < -0.39 is 0 Å². The van der Waals surface area contributed by atoms with E-state index in [1.807, 2.05) is 55.5 Å². The van der Waals surface area contributed by atoms with Crippen LogP contribution in [-0.2, 0) is 0 Å². The van der Waals surface area contributed by atoms with Gasteiger partial charge in [0, 0.05) is 18.8 Å². The first-order chi connectivity index (χ1) is 12.3. The summed E-state index contributed by atoms with van der Waals surface area (Å²) >= 11 is 0. The van der Waals surface area contributed by atoms with Crippen molar-refractivity contribution in [2.45, 2.75) is 6.92 Å². The molecule has 0 unspecified atom stereocenters. The molecule has 0 radical (unpaired) electrons. The maximum Gasteiger partial charge on any atom is 0.195 e. The van der Waals surface area contributed by atoms with E-state index in [0.717, 1.165) is 17.2 Å². The Kier molecular flexibility index (Phi) is 7.43. The molecule has 0 fully saturated rings. The Morgan fingerprint density at radius 3 is 2.52 bits per heavy atom. The third-order valence-electron chi connectivity index (χ3n) is 3.36. The fourth-order valence-electron chi connectivity index (χ4n) is 2.19. The van der Waals surface area contributed by atoms with E-state index in [0.29, 0.717) is 31.5 Å². The second kappa shape index (κ2) is 10.1. The molecule has 6 nitrogen and oxygen atoms in total. The Bertz CT molecular complexity index is 675. The van der Waals surface area contributed by atoms with Crippen LogP contribution in [0.5, 0.6) is 17.2 Å². The van der Waals surface area contributed by atoms with Crippen molar-refractivity contribution in [1.82, 2.24) is 5.32 Å². The molecule has 25 heavy (non-hydrogen) atoms. The molecule has 2 aromatic rings. The molecule has 0 spiro atoms. The number of benzene rings is 2. The Morgan fingerprint density at radius 1 is 1.04 bits per heavy atom. The van der Waals surface area contributed by atoms with Crippen LogP contribution < -0.4 is 24.8 Å². The van der Waals surface area contributed by atoms with Gasteiger partial charge in [-0.1, -0.05) is 18.2 Å². The van der Waals surface area contributed by atoms with Gasteiger partial charge >= 0.3 is 0 Å². The summed E-state index contributed by atoms with van der Waals surface area (Å²) < 4.78 is 16.5. The molecule has 0 heterocycles. The summed E-state index contributed by atoms with van der Waals surface area (Å²) in [7, 11) is 3.34. The zero-order valence-corrected chi connectivity index (χ0v) is 14.9. The van der Waals surface area contributed by atoms with Crippen molar-refractivity contribution in [1.29, 1.82) is 0 Å². The maximum absolute atomic E-state index is 5.65. The van der Waals surface area contributed by atoms with E-state index in [2.05, 4.69) is 15.6 Å². The van der Waals surface area contributed by atoms with Gasteiger partial charge in [-0.2, -0.15) is 0 Å². The van der Waals surface area contributed by atoms with E-state index in [1.54, 1.807) is 14.2 Å². The van der Waals surface area contributed by atoms with E-state index in [1.165, 1.54) is 0 Å². The van der Waals surface area contributed by atoms with Crippen molar-refractivity contribution < 1.29 is 14.2 Å². The zero-order valence-electron chi connectivity index (χ0n) is 14.9. The van der Waals surface area contributed by atoms with Crippen molar-refractivity contribution in [3.05, 3.63) is 48.5 Å². The number of para-hydroxylation sites is 1. The van der Waals surface area contributed by atoms with Crippen molar-refractivity contribution in [2.24, 2.45) is 4.99 Å². The van der Waals surface area contributed by atoms with Crippen molar-refractivity contribution in [2.75, 3.05) is 39.2 Å². The summed E-state index contributed by atoms with van der Waals surface area (Å²) in [5.41, 5.74) is 0.859. The highest BCUT2D eigenvalue weighted by atomic mass is 16.5. The summed E-state index contributed by atoms with van der Waals surface area (Å²) in [5, 5.41) is 6.43. The summed E-state index contributed by atoms with van der Waals surface area (Å²) in [6.07, 6.45) is 0. The van der Waals surface area contributed by atoms with Gasteiger partial charge in [0.15, 0.2) is 17.5 Å². The quantitative estimate of drug-likeness (QED) is 0.438. The van der Waals surface area contributed by atoms with E-state index in [-0.39, 0.29) is 0 Å². The van der Waals surface area contributed by atoms with E-state index >= 15 is 0 Å². The molecule has 0 aliphatic heterocycles. The van der Waals surface area contributed by atoms with Crippen LogP contribution in [-0.4, -0.2) is 39.9 Å². The third kappa shape index (κ3) is 5.91. The lowest BCUT2D eigenvalue weighted by Crippen LogP contribution is -2.33. The molecule has 0 atom stereocenters. The van der Waals surface area contributed by atoms with Gasteiger partial charge in [-0.3, -0.25) is 4.99 Å². The summed E-state index contributed by atoms with van der Waals surface area (Å²) in [6, 6.07) is 15.4.